The maximum atomic E-state index is 12.1. The maximum absolute atomic E-state index is 12.1. The molecule has 13 aliphatic carbocycles. The van der Waals surface area contributed by atoms with Crippen molar-refractivity contribution in [2.24, 2.45) is 53.3 Å². The normalized spacial score (nSPS) is 36.2. The second-order valence-electron chi connectivity index (χ2n) is 28.5. The molecule has 15 heteroatoms. The molecule has 0 radical (unpaired) electrons. The summed E-state index contributed by atoms with van der Waals surface area (Å²) in [5, 5.41) is 10.5. The fraction of sp³-hybridized carbons (Fsp3) is 0.765. The first kappa shape index (κ1) is 65.9. The van der Waals surface area contributed by atoms with Crippen LogP contribution in [0.1, 0.15) is 216 Å². The van der Waals surface area contributed by atoms with Gasteiger partial charge in [-0.3, -0.25) is 0 Å². The van der Waals surface area contributed by atoms with Crippen LogP contribution in [0.5, 0.6) is 0 Å². The number of hydrogen-bond acceptors (Lipinski definition) is 15. The molecule has 12 bridgehead atoms. The van der Waals surface area contributed by atoms with E-state index < -0.39 is 29.2 Å². The molecule has 83 heavy (non-hydrogen) atoms. The van der Waals surface area contributed by atoms with Crippen molar-refractivity contribution in [1.82, 2.24) is 0 Å². The van der Waals surface area contributed by atoms with Gasteiger partial charge in [-0.1, -0.05) is 60.1 Å². The molecule has 0 aromatic rings. The van der Waals surface area contributed by atoms with Gasteiger partial charge in [-0.2, -0.15) is 0 Å². The number of rotatable bonds is 17. The highest BCUT2D eigenvalue weighted by Gasteiger charge is 2.63. The van der Waals surface area contributed by atoms with E-state index in [1.807, 2.05) is 6.92 Å². The van der Waals surface area contributed by atoms with Gasteiger partial charge in [-0.25, -0.2) is 28.8 Å². The lowest BCUT2D eigenvalue weighted by Crippen LogP contribution is -2.62. The summed E-state index contributed by atoms with van der Waals surface area (Å²) in [4.78, 5) is 68.8. The van der Waals surface area contributed by atoms with Gasteiger partial charge in [0.05, 0.1) is 17.8 Å². The molecule has 13 saturated carbocycles. The van der Waals surface area contributed by atoms with E-state index in [2.05, 4.69) is 58.4 Å². The van der Waals surface area contributed by atoms with Gasteiger partial charge in [-0.15, -0.1) is 0 Å². The lowest BCUT2D eigenvalue weighted by Gasteiger charge is -2.61. The summed E-state index contributed by atoms with van der Waals surface area (Å²) < 4.78 is 44.2. The average Bonchev–Trinajstić information content (AvgIpc) is 1.40. The summed E-state index contributed by atoms with van der Waals surface area (Å²) in [6.45, 7) is 36.5. The minimum atomic E-state index is -0.728. The van der Waals surface area contributed by atoms with Crippen LogP contribution in [-0.2, 0) is 66.7 Å². The first-order valence-corrected chi connectivity index (χ1v) is 31.5. The van der Waals surface area contributed by atoms with Crippen molar-refractivity contribution in [3.05, 3.63) is 60.8 Å². The lowest BCUT2D eigenvalue weighted by molar-refractivity contribution is -0.253. The number of carbonyl (C=O) groups excluding carboxylic acids is 6. The van der Waals surface area contributed by atoms with E-state index in [9.17, 15) is 33.9 Å². The summed E-state index contributed by atoms with van der Waals surface area (Å²) in [5.41, 5.74) is 0.390. The molecule has 14 rings (SSSR count). The van der Waals surface area contributed by atoms with Crippen LogP contribution in [0.2, 0.25) is 0 Å². The second-order valence-corrected chi connectivity index (χ2v) is 28.5. The molecule has 15 nitrogen and oxygen atoms in total. The summed E-state index contributed by atoms with van der Waals surface area (Å²) in [6.07, 6.45) is 24.5. The van der Waals surface area contributed by atoms with Crippen molar-refractivity contribution in [1.29, 1.82) is 0 Å². The quantitative estimate of drug-likeness (QED) is 0.0474. The van der Waals surface area contributed by atoms with Crippen LogP contribution in [0.3, 0.4) is 0 Å². The Morgan fingerprint density at radius 3 is 1.42 bits per heavy atom. The number of hydrogen-bond donors (Lipinski definition) is 1. The summed E-state index contributed by atoms with van der Waals surface area (Å²) in [5.74, 6) is 3.72. The van der Waals surface area contributed by atoms with Crippen molar-refractivity contribution in [3.8, 4) is 0 Å². The number of ether oxygens (including phenoxy) is 8. The van der Waals surface area contributed by atoms with Crippen molar-refractivity contribution < 1.29 is 71.8 Å². The van der Waals surface area contributed by atoms with E-state index in [1.54, 1.807) is 27.7 Å². The molecule has 1 aliphatic heterocycles. The number of carbonyl (C=O) groups is 6. The van der Waals surface area contributed by atoms with Gasteiger partial charge < -0.3 is 43.0 Å². The number of aliphatic hydroxyl groups is 1. The van der Waals surface area contributed by atoms with Crippen LogP contribution < -0.4 is 0 Å². The molecular weight excluding hydrogens is 1060 g/mol. The van der Waals surface area contributed by atoms with Gasteiger partial charge >= 0.3 is 35.8 Å². The zero-order valence-electron chi connectivity index (χ0n) is 52.1. The zero-order valence-corrected chi connectivity index (χ0v) is 52.1. The summed E-state index contributed by atoms with van der Waals surface area (Å²) >= 11 is 0. The third kappa shape index (κ3) is 16.3. The third-order valence-corrected chi connectivity index (χ3v) is 20.1. The van der Waals surface area contributed by atoms with Crippen molar-refractivity contribution in [3.63, 3.8) is 0 Å². The Morgan fingerprint density at radius 2 is 1.00 bits per heavy atom. The van der Waals surface area contributed by atoms with E-state index in [-0.39, 0.29) is 51.9 Å². The van der Waals surface area contributed by atoms with Gasteiger partial charge in [0.1, 0.15) is 29.2 Å². The van der Waals surface area contributed by atoms with Crippen LogP contribution in [0.4, 0.5) is 0 Å². The first-order valence-electron chi connectivity index (χ1n) is 31.5. The molecule has 14 fully saturated rings. The van der Waals surface area contributed by atoms with Crippen molar-refractivity contribution in [2.75, 3.05) is 20.0 Å². The Kier molecular flexibility index (Phi) is 21.4. The van der Waals surface area contributed by atoms with Gasteiger partial charge in [-0.05, 0) is 223 Å². The fourth-order valence-corrected chi connectivity index (χ4v) is 17.4. The topological polar surface area (TPSA) is 196 Å². The summed E-state index contributed by atoms with van der Waals surface area (Å²) in [7, 11) is 0. The van der Waals surface area contributed by atoms with Gasteiger partial charge in [0.15, 0.2) is 0 Å². The predicted molar refractivity (Wildman–Crippen MR) is 315 cm³/mol. The van der Waals surface area contributed by atoms with Crippen LogP contribution in [0.15, 0.2) is 60.8 Å². The molecule has 0 aromatic heterocycles. The Labute approximate surface area is 495 Å². The molecule has 0 spiro atoms. The van der Waals surface area contributed by atoms with Gasteiger partial charge in [0, 0.05) is 53.7 Å². The molecule has 0 amide bonds. The highest BCUT2D eigenvalue weighted by molar-refractivity contribution is 5.90. The predicted octanol–water partition coefficient (Wildman–Crippen LogP) is 13.0. The molecular formula is C68H102O15. The number of cyclic esters (lactones) is 1. The molecule has 464 valence electrons. The van der Waals surface area contributed by atoms with E-state index in [0.717, 1.165) is 102 Å². The third-order valence-electron chi connectivity index (χ3n) is 20.1. The SMILES string of the molecule is C=C(C)C(=O)OC1(C(C)C)C2CC3CC(C2)CC1C3.C=C(C)C(=O)OC1(C)CCCC1.C=C(C)C(=O)OC12CC3CC(CC(O)(C3)C1)C2.C=C(C)C(=O)OC12CC3CC(CC(OCOCCCC)(C3)C1)C2.C=C(C)C(=O)OC1CCOC1=O. The van der Waals surface area contributed by atoms with E-state index in [4.69, 9.17) is 33.2 Å². The zero-order chi connectivity index (χ0) is 60.9. The average molecular weight is 1160 g/mol. The minimum Gasteiger partial charge on any atom is -0.463 e. The highest BCUT2D eigenvalue weighted by Crippen LogP contribution is 2.63. The van der Waals surface area contributed by atoms with Gasteiger partial charge in [0.25, 0.3) is 0 Å². The first-order chi connectivity index (χ1) is 38.9. The fourth-order valence-electron chi connectivity index (χ4n) is 17.4. The Balaban J connectivity index is 0.000000152. The smallest absolute Gasteiger partial charge is 0.347 e. The van der Waals surface area contributed by atoms with Crippen molar-refractivity contribution >= 4 is 35.8 Å². The van der Waals surface area contributed by atoms with Crippen LogP contribution in [0.25, 0.3) is 0 Å². The summed E-state index contributed by atoms with van der Waals surface area (Å²) in [6, 6.07) is 0. The standard InChI is InChI=1S/C19H30O4.C17H26O2.C14H20O3.C10H16O2.C8H10O4/c1-4-5-6-21-13-22-18-8-15-7-16(9-18)11-19(10-15,12-18)23-17(20)14(2)3;1-10(2)16(18)19-17(11(3)4)14-6-12-5-13(8-14)9-15(17)7-12;1-9(2)12(15)17-14-6-10-3-11(7-14)5-13(16,4-10)8-14;1-8(2)9(11)12-10(3)6-4-5-7-10;1-5(2)7(9)12-6-3-4-11-8(6)10/h15-16H,2,4-13H2,1,3H3;11-15H,1,5-9H2,2-4H3;10-11,16H,1,3-8H2,2H3;1,4-7H2,2-3H3;6H,1,3-4H2,2H3. The Hall–Kier alpha value is -4.60. The van der Waals surface area contributed by atoms with E-state index in [0.29, 0.717) is 90.0 Å². The molecule has 14 aliphatic rings. The number of unbranched alkanes of at least 4 members (excludes halogenated alkanes) is 1. The van der Waals surface area contributed by atoms with Gasteiger partial charge in [0.2, 0.25) is 6.10 Å². The monoisotopic (exact) mass is 1160 g/mol. The Morgan fingerprint density at radius 1 is 0.578 bits per heavy atom. The molecule has 0 aromatic carbocycles. The largest absolute Gasteiger partial charge is 0.463 e. The van der Waals surface area contributed by atoms with Crippen LogP contribution in [0, 0.1) is 53.3 Å². The van der Waals surface area contributed by atoms with Crippen LogP contribution in [-0.4, -0.2) is 101 Å². The lowest BCUT2D eigenvalue weighted by atomic mass is 9.47. The maximum Gasteiger partial charge on any atom is 0.347 e. The molecule has 5 atom stereocenters. The van der Waals surface area contributed by atoms with E-state index in [1.165, 1.54) is 64.7 Å². The minimum absolute atomic E-state index is 0.147. The highest BCUT2D eigenvalue weighted by atomic mass is 16.7. The molecule has 1 saturated heterocycles. The molecule has 1 N–H and O–H groups in total. The Bertz CT molecular complexity index is 2400. The molecule has 1 heterocycles. The van der Waals surface area contributed by atoms with E-state index >= 15 is 0 Å². The van der Waals surface area contributed by atoms with Crippen molar-refractivity contribution in [2.45, 2.75) is 256 Å². The van der Waals surface area contributed by atoms with Crippen LogP contribution >= 0.6 is 0 Å². The number of esters is 6. The second kappa shape index (κ2) is 27.0. The molecule has 5 unspecified atom stereocenters.